The Morgan fingerprint density at radius 1 is 1.59 bits per heavy atom. The summed E-state index contributed by atoms with van der Waals surface area (Å²) in [5.41, 5.74) is 0. The van der Waals surface area contributed by atoms with Gasteiger partial charge in [-0.15, -0.1) is 11.6 Å². The Balaban J connectivity index is 2.44. The smallest absolute Gasteiger partial charge is 0.216 e. The van der Waals surface area contributed by atoms with Crippen molar-refractivity contribution >= 4 is 21.6 Å². The predicted molar refractivity (Wildman–Crippen MR) is 66.9 cm³/mol. The molecular formula is C10H20ClNO4S. The monoisotopic (exact) mass is 285 g/mol. The molecule has 102 valence electrons. The number of methoxy groups -OCH3 is 1. The van der Waals surface area contributed by atoms with Crippen molar-refractivity contribution in [1.29, 1.82) is 0 Å². The van der Waals surface area contributed by atoms with Crippen LogP contribution in [-0.2, 0) is 19.5 Å². The molecule has 0 radical (unpaired) electrons. The minimum Gasteiger partial charge on any atom is -0.383 e. The molecule has 17 heavy (non-hydrogen) atoms. The summed E-state index contributed by atoms with van der Waals surface area (Å²) in [5, 5.41) is -0.329. The Kier molecular flexibility index (Phi) is 6.16. The summed E-state index contributed by atoms with van der Waals surface area (Å²) in [5.74, 6) is 0.0418. The summed E-state index contributed by atoms with van der Waals surface area (Å²) in [6.07, 6.45) is 1.58. The molecule has 0 spiro atoms. The number of ether oxygens (including phenoxy) is 2. The summed E-state index contributed by atoms with van der Waals surface area (Å²) < 4.78 is 35.4. The third-order valence-corrected chi connectivity index (χ3v) is 4.85. The van der Waals surface area contributed by atoms with E-state index in [4.69, 9.17) is 21.1 Å². The van der Waals surface area contributed by atoms with Crippen LogP contribution in [-0.4, -0.2) is 63.9 Å². The molecule has 0 aliphatic carbocycles. The molecule has 0 aromatic heterocycles. The number of hydrogen-bond acceptors (Lipinski definition) is 4. The molecule has 7 heteroatoms. The Bertz CT molecular complexity index is 316. The topological polar surface area (TPSA) is 55.8 Å². The van der Waals surface area contributed by atoms with E-state index >= 15 is 0 Å². The fourth-order valence-electron chi connectivity index (χ4n) is 1.76. The molecule has 2 unspecified atom stereocenters. The number of sulfonamides is 1. The van der Waals surface area contributed by atoms with Crippen LogP contribution in [0.15, 0.2) is 0 Å². The van der Waals surface area contributed by atoms with Gasteiger partial charge in [-0.2, -0.15) is 0 Å². The van der Waals surface area contributed by atoms with Gasteiger partial charge in [0.05, 0.1) is 23.8 Å². The number of rotatable bonds is 7. The molecule has 2 atom stereocenters. The Hall–Kier alpha value is 0.120. The van der Waals surface area contributed by atoms with Gasteiger partial charge in [0.25, 0.3) is 0 Å². The number of halogens is 1. The van der Waals surface area contributed by atoms with Crippen molar-refractivity contribution in [2.24, 2.45) is 0 Å². The van der Waals surface area contributed by atoms with E-state index in [0.717, 1.165) is 12.8 Å². The number of nitrogens with zero attached hydrogens (tertiary/aromatic N) is 1. The summed E-state index contributed by atoms with van der Waals surface area (Å²) in [4.78, 5) is 0. The van der Waals surface area contributed by atoms with E-state index in [1.165, 1.54) is 18.5 Å². The highest BCUT2D eigenvalue weighted by atomic mass is 35.5. The zero-order chi connectivity index (χ0) is 12.9. The van der Waals surface area contributed by atoms with Crippen molar-refractivity contribution in [3.8, 4) is 0 Å². The van der Waals surface area contributed by atoms with Crippen molar-refractivity contribution in [3.63, 3.8) is 0 Å². The highest BCUT2D eigenvalue weighted by molar-refractivity contribution is 7.89. The summed E-state index contributed by atoms with van der Waals surface area (Å²) in [6.45, 7) is 1.25. The predicted octanol–water partition coefficient (Wildman–Crippen LogP) is 0.681. The van der Waals surface area contributed by atoms with Crippen LogP contribution in [0.25, 0.3) is 0 Å². The van der Waals surface area contributed by atoms with Crippen molar-refractivity contribution in [1.82, 2.24) is 4.31 Å². The van der Waals surface area contributed by atoms with Gasteiger partial charge in [-0.25, -0.2) is 12.7 Å². The van der Waals surface area contributed by atoms with Crippen LogP contribution in [0, 0.1) is 0 Å². The molecule has 0 aromatic carbocycles. The summed E-state index contributed by atoms with van der Waals surface area (Å²) >= 11 is 5.94. The highest BCUT2D eigenvalue weighted by Gasteiger charge is 2.27. The molecule has 0 aromatic rings. The highest BCUT2D eigenvalue weighted by Crippen LogP contribution is 2.16. The summed E-state index contributed by atoms with van der Waals surface area (Å²) in [7, 11) is -0.214. The fraction of sp³-hybridized carbons (Fsp3) is 1.00. The van der Waals surface area contributed by atoms with Crippen molar-refractivity contribution in [2.45, 2.75) is 24.3 Å². The maximum absolute atomic E-state index is 12.0. The molecular weight excluding hydrogens is 266 g/mol. The molecule has 1 aliphatic rings. The first-order chi connectivity index (χ1) is 7.95. The average Bonchev–Trinajstić information content (AvgIpc) is 2.69. The lowest BCUT2D eigenvalue weighted by atomic mass is 10.3. The molecule has 0 bridgehead atoms. The minimum atomic E-state index is -3.29. The Labute approximate surface area is 108 Å². The average molecular weight is 286 g/mol. The van der Waals surface area contributed by atoms with E-state index in [0.29, 0.717) is 13.2 Å². The van der Waals surface area contributed by atoms with Crippen molar-refractivity contribution < 1.29 is 17.9 Å². The van der Waals surface area contributed by atoms with E-state index in [2.05, 4.69) is 0 Å². The van der Waals surface area contributed by atoms with Gasteiger partial charge in [0.15, 0.2) is 0 Å². The van der Waals surface area contributed by atoms with Crippen molar-refractivity contribution in [2.75, 3.05) is 39.7 Å². The van der Waals surface area contributed by atoms with Crippen LogP contribution < -0.4 is 0 Å². The van der Waals surface area contributed by atoms with Gasteiger partial charge >= 0.3 is 0 Å². The van der Waals surface area contributed by atoms with Crippen molar-refractivity contribution in [3.05, 3.63) is 0 Å². The lowest BCUT2D eigenvalue weighted by Gasteiger charge is -2.21. The van der Waals surface area contributed by atoms with E-state index in [1.807, 2.05) is 0 Å². The van der Waals surface area contributed by atoms with Gasteiger partial charge in [0.1, 0.15) is 0 Å². The zero-order valence-electron chi connectivity index (χ0n) is 10.3. The molecule has 1 heterocycles. The molecule has 0 N–H and O–H groups in total. The molecule has 0 saturated carbocycles. The minimum absolute atomic E-state index is 0.0418. The van der Waals surface area contributed by atoms with E-state index in [-0.39, 0.29) is 23.8 Å². The van der Waals surface area contributed by atoms with Gasteiger partial charge in [-0.05, 0) is 12.8 Å². The van der Waals surface area contributed by atoms with Gasteiger partial charge < -0.3 is 9.47 Å². The second-order valence-electron chi connectivity index (χ2n) is 4.25. The van der Waals surface area contributed by atoms with Crippen LogP contribution in [0.3, 0.4) is 0 Å². The molecule has 5 nitrogen and oxygen atoms in total. The number of alkyl halides is 1. The Morgan fingerprint density at radius 3 is 2.82 bits per heavy atom. The lowest BCUT2D eigenvalue weighted by molar-refractivity contribution is 0.126. The third-order valence-electron chi connectivity index (χ3n) is 2.70. The van der Waals surface area contributed by atoms with Gasteiger partial charge in [0, 0.05) is 27.3 Å². The normalized spacial score (nSPS) is 23.2. The van der Waals surface area contributed by atoms with Crippen LogP contribution in [0.2, 0.25) is 0 Å². The van der Waals surface area contributed by atoms with E-state index in [9.17, 15) is 8.42 Å². The maximum Gasteiger partial charge on any atom is 0.216 e. The fourth-order valence-corrected chi connectivity index (χ4v) is 3.57. The molecule has 1 aliphatic heterocycles. The first-order valence-corrected chi connectivity index (χ1v) is 7.69. The van der Waals surface area contributed by atoms with Gasteiger partial charge in [-0.3, -0.25) is 0 Å². The van der Waals surface area contributed by atoms with Crippen LogP contribution in [0.4, 0.5) is 0 Å². The first-order valence-electron chi connectivity index (χ1n) is 5.64. The molecule has 1 fully saturated rings. The summed E-state index contributed by atoms with van der Waals surface area (Å²) in [6, 6.07) is 0. The Morgan fingerprint density at radius 2 is 2.29 bits per heavy atom. The molecule has 1 rings (SSSR count). The van der Waals surface area contributed by atoms with E-state index in [1.54, 1.807) is 0 Å². The molecule has 0 amide bonds. The maximum atomic E-state index is 12.0. The first kappa shape index (κ1) is 15.2. The van der Waals surface area contributed by atoms with Gasteiger partial charge in [-0.1, -0.05) is 0 Å². The van der Waals surface area contributed by atoms with Gasteiger partial charge in [0.2, 0.25) is 10.0 Å². The van der Waals surface area contributed by atoms with Crippen LogP contribution >= 0.6 is 11.6 Å². The van der Waals surface area contributed by atoms with Crippen LogP contribution in [0.1, 0.15) is 12.8 Å². The second kappa shape index (κ2) is 6.89. The lowest BCUT2D eigenvalue weighted by Crippen LogP contribution is -2.38. The standard InChI is InChI=1S/C10H20ClNO4S/c1-12(6-9(11)7-15-2)17(13,14)8-10-4-3-5-16-10/h9-10H,3-8H2,1-2H3. The largest absolute Gasteiger partial charge is 0.383 e. The quantitative estimate of drug-likeness (QED) is 0.646. The SMILES string of the molecule is COCC(Cl)CN(C)S(=O)(=O)CC1CCCO1. The third kappa shape index (κ3) is 5.09. The zero-order valence-corrected chi connectivity index (χ0v) is 11.8. The second-order valence-corrected chi connectivity index (χ2v) is 6.98. The molecule has 1 saturated heterocycles. The van der Waals surface area contributed by atoms with Crippen LogP contribution in [0.5, 0.6) is 0 Å². The van der Waals surface area contributed by atoms with E-state index < -0.39 is 10.0 Å². The number of hydrogen-bond donors (Lipinski definition) is 0.